The van der Waals surface area contributed by atoms with E-state index in [-0.39, 0.29) is 31.7 Å². The molecule has 0 amide bonds. The van der Waals surface area contributed by atoms with E-state index in [0.717, 1.165) is 0 Å². The molecule has 3 nitrogen and oxygen atoms in total. The topological polar surface area (TPSA) is 49.3 Å². The number of carbonyl (C=O) groups is 1. The summed E-state index contributed by atoms with van der Waals surface area (Å²) in [6.07, 6.45) is -4.11. The van der Waals surface area contributed by atoms with Crippen LogP contribution >= 0.6 is 0 Å². The van der Waals surface area contributed by atoms with Crippen LogP contribution in [0.25, 0.3) is 0 Å². The molecular weight excluding hydrogens is 235 g/mol. The normalized spacial score (nSPS) is 30.6. The molecule has 17 heavy (non-hydrogen) atoms. The van der Waals surface area contributed by atoms with Gasteiger partial charge in [0.05, 0.1) is 5.92 Å². The number of alkyl halides is 3. The van der Waals surface area contributed by atoms with Crippen LogP contribution in [-0.4, -0.2) is 28.8 Å². The van der Waals surface area contributed by atoms with Gasteiger partial charge in [0.1, 0.15) is 5.54 Å². The third kappa shape index (κ3) is 3.34. The summed E-state index contributed by atoms with van der Waals surface area (Å²) in [5, 5.41) is 12.0. The maximum atomic E-state index is 12.7. The maximum Gasteiger partial charge on any atom is 0.391 e. The predicted molar refractivity (Wildman–Crippen MR) is 56.7 cm³/mol. The first-order valence-corrected chi connectivity index (χ1v) is 5.75. The van der Waals surface area contributed by atoms with Crippen LogP contribution in [0.15, 0.2) is 0 Å². The molecule has 0 aromatic carbocycles. The lowest BCUT2D eigenvalue weighted by Crippen LogP contribution is -2.58. The summed E-state index contributed by atoms with van der Waals surface area (Å²) in [6.45, 7) is 3.48. The van der Waals surface area contributed by atoms with Gasteiger partial charge in [-0.2, -0.15) is 13.2 Å². The Hall–Kier alpha value is -0.780. The molecule has 0 saturated heterocycles. The number of rotatable bonds is 3. The van der Waals surface area contributed by atoms with E-state index in [1.165, 1.54) is 0 Å². The van der Waals surface area contributed by atoms with Crippen molar-refractivity contribution in [3.05, 3.63) is 0 Å². The van der Waals surface area contributed by atoms with Crippen molar-refractivity contribution in [3.63, 3.8) is 0 Å². The number of carboxylic acids is 1. The van der Waals surface area contributed by atoms with Gasteiger partial charge in [0, 0.05) is 6.04 Å². The molecule has 1 aliphatic rings. The summed E-state index contributed by atoms with van der Waals surface area (Å²) < 4.78 is 38.0. The molecule has 0 aromatic heterocycles. The number of aliphatic carboxylic acids is 1. The first kappa shape index (κ1) is 14.3. The molecule has 1 saturated carbocycles. The minimum absolute atomic E-state index is 0.0261. The van der Waals surface area contributed by atoms with Crippen molar-refractivity contribution < 1.29 is 23.1 Å². The SMILES string of the molecule is CC(C)NC1(C(=O)O)CCCC(C(F)(F)F)C1. The minimum Gasteiger partial charge on any atom is -0.480 e. The second kappa shape index (κ2) is 4.84. The third-order valence-corrected chi connectivity index (χ3v) is 3.19. The number of hydrogen-bond donors (Lipinski definition) is 2. The van der Waals surface area contributed by atoms with Crippen LogP contribution < -0.4 is 5.32 Å². The van der Waals surface area contributed by atoms with Crippen LogP contribution in [-0.2, 0) is 4.79 Å². The molecule has 0 radical (unpaired) electrons. The van der Waals surface area contributed by atoms with Gasteiger partial charge < -0.3 is 5.11 Å². The van der Waals surface area contributed by atoms with Gasteiger partial charge in [-0.15, -0.1) is 0 Å². The van der Waals surface area contributed by atoms with Gasteiger partial charge in [-0.05, 0) is 33.1 Å². The fourth-order valence-electron chi connectivity index (χ4n) is 2.49. The van der Waals surface area contributed by atoms with E-state index in [2.05, 4.69) is 5.32 Å². The summed E-state index contributed by atoms with van der Waals surface area (Å²) in [5.41, 5.74) is -1.42. The maximum absolute atomic E-state index is 12.7. The molecular formula is C11H18F3NO2. The highest BCUT2D eigenvalue weighted by atomic mass is 19.4. The lowest BCUT2D eigenvalue weighted by molar-refractivity contribution is -0.191. The lowest BCUT2D eigenvalue weighted by atomic mass is 9.75. The van der Waals surface area contributed by atoms with Crippen molar-refractivity contribution in [2.45, 2.75) is 57.3 Å². The monoisotopic (exact) mass is 253 g/mol. The summed E-state index contributed by atoms with van der Waals surface area (Å²) in [5.74, 6) is -2.70. The Kier molecular flexibility index (Phi) is 4.06. The molecule has 100 valence electrons. The number of nitrogens with one attached hydrogen (secondary N) is 1. The Bertz CT molecular complexity index is 291. The zero-order valence-corrected chi connectivity index (χ0v) is 9.97. The van der Waals surface area contributed by atoms with E-state index in [1.54, 1.807) is 13.8 Å². The van der Waals surface area contributed by atoms with E-state index in [1.807, 2.05) is 0 Å². The van der Waals surface area contributed by atoms with E-state index in [9.17, 15) is 23.1 Å². The Morgan fingerprint density at radius 3 is 2.47 bits per heavy atom. The smallest absolute Gasteiger partial charge is 0.391 e. The highest BCUT2D eigenvalue weighted by Crippen LogP contribution is 2.42. The summed E-state index contributed by atoms with van der Waals surface area (Å²) >= 11 is 0. The van der Waals surface area contributed by atoms with Gasteiger partial charge in [0.15, 0.2) is 0 Å². The van der Waals surface area contributed by atoms with Crippen LogP contribution in [0, 0.1) is 5.92 Å². The van der Waals surface area contributed by atoms with Gasteiger partial charge in [-0.25, -0.2) is 0 Å². The highest BCUT2D eigenvalue weighted by molar-refractivity contribution is 5.79. The number of hydrogen-bond acceptors (Lipinski definition) is 2. The Labute approximate surface area is 98.4 Å². The summed E-state index contributed by atoms with van der Waals surface area (Å²) in [7, 11) is 0. The standard InChI is InChI=1S/C11H18F3NO2/c1-7(2)15-10(9(16)17)5-3-4-8(6-10)11(12,13)14/h7-8,15H,3-6H2,1-2H3,(H,16,17). The van der Waals surface area contributed by atoms with Crippen molar-refractivity contribution >= 4 is 5.97 Å². The molecule has 0 heterocycles. The van der Waals surface area contributed by atoms with E-state index < -0.39 is 23.6 Å². The number of carboxylic acid groups (broad SMARTS) is 1. The molecule has 2 N–H and O–H groups in total. The van der Waals surface area contributed by atoms with Crippen molar-refractivity contribution in [1.82, 2.24) is 5.32 Å². The zero-order valence-electron chi connectivity index (χ0n) is 9.97. The summed E-state index contributed by atoms with van der Waals surface area (Å²) in [4.78, 5) is 11.3. The Balaban J connectivity index is 2.88. The molecule has 6 heteroatoms. The second-order valence-corrected chi connectivity index (χ2v) is 5.02. The Morgan fingerprint density at radius 1 is 1.47 bits per heavy atom. The average molecular weight is 253 g/mol. The average Bonchev–Trinajstić information content (AvgIpc) is 2.15. The largest absolute Gasteiger partial charge is 0.480 e. The Morgan fingerprint density at radius 2 is 2.06 bits per heavy atom. The lowest BCUT2D eigenvalue weighted by Gasteiger charge is -2.40. The summed E-state index contributed by atoms with van der Waals surface area (Å²) in [6, 6.07) is -0.155. The fourth-order valence-corrected chi connectivity index (χ4v) is 2.49. The fraction of sp³-hybridized carbons (Fsp3) is 0.909. The minimum atomic E-state index is -4.31. The zero-order chi connectivity index (χ0) is 13.3. The van der Waals surface area contributed by atoms with Gasteiger partial charge in [0.25, 0.3) is 0 Å². The van der Waals surface area contributed by atoms with Crippen LogP contribution in [0.2, 0.25) is 0 Å². The second-order valence-electron chi connectivity index (χ2n) is 5.02. The first-order chi connectivity index (χ1) is 7.67. The highest BCUT2D eigenvalue weighted by Gasteiger charge is 2.51. The van der Waals surface area contributed by atoms with Crippen LogP contribution in [0.5, 0.6) is 0 Å². The van der Waals surface area contributed by atoms with E-state index in [4.69, 9.17) is 0 Å². The molecule has 0 bridgehead atoms. The first-order valence-electron chi connectivity index (χ1n) is 5.75. The van der Waals surface area contributed by atoms with E-state index >= 15 is 0 Å². The van der Waals surface area contributed by atoms with Crippen LogP contribution in [0.1, 0.15) is 39.5 Å². The molecule has 0 spiro atoms. The quantitative estimate of drug-likeness (QED) is 0.812. The van der Waals surface area contributed by atoms with Crippen LogP contribution in [0.3, 0.4) is 0 Å². The molecule has 0 aliphatic heterocycles. The van der Waals surface area contributed by atoms with Crippen molar-refractivity contribution in [3.8, 4) is 0 Å². The molecule has 1 fully saturated rings. The third-order valence-electron chi connectivity index (χ3n) is 3.19. The molecule has 1 aliphatic carbocycles. The van der Waals surface area contributed by atoms with Gasteiger partial charge in [-0.1, -0.05) is 6.42 Å². The predicted octanol–water partition coefficient (Wildman–Crippen LogP) is 2.56. The number of halogens is 3. The van der Waals surface area contributed by atoms with E-state index in [0.29, 0.717) is 0 Å². The van der Waals surface area contributed by atoms with Crippen molar-refractivity contribution in [2.24, 2.45) is 5.92 Å². The van der Waals surface area contributed by atoms with Gasteiger partial charge in [0.2, 0.25) is 0 Å². The van der Waals surface area contributed by atoms with Gasteiger partial charge >= 0.3 is 12.1 Å². The van der Waals surface area contributed by atoms with Crippen molar-refractivity contribution in [1.29, 1.82) is 0 Å². The van der Waals surface area contributed by atoms with Crippen molar-refractivity contribution in [2.75, 3.05) is 0 Å². The van der Waals surface area contributed by atoms with Crippen LogP contribution in [0.4, 0.5) is 13.2 Å². The molecule has 1 rings (SSSR count). The molecule has 2 unspecified atom stereocenters. The van der Waals surface area contributed by atoms with Gasteiger partial charge in [-0.3, -0.25) is 10.1 Å². The molecule has 0 aromatic rings. The molecule has 2 atom stereocenters.